The summed E-state index contributed by atoms with van der Waals surface area (Å²) in [5.74, 6) is 1.82. The quantitative estimate of drug-likeness (QED) is 0.447. The van der Waals surface area contributed by atoms with Crippen molar-refractivity contribution in [1.29, 1.82) is 0 Å². The number of hydrogen-bond acceptors (Lipinski definition) is 6. The van der Waals surface area contributed by atoms with Gasteiger partial charge in [-0.2, -0.15) is 13.2 Å². The van der Waals surface area contributed by atoms with Crippen molar-refractivity contribution in [2.75, 3.05) is 36.8 Å². The summed E-state index contributed by atoms with van der Waals surface area (Å²) in [6.45, 7) is 1.70. The Kier molecular flexibility index (Phi) is 7.56. The average molecular weight is 489 g/mol. The van der Waals surface area contributed by atoms with E-state index in [2.05, 4.69) is 9.97 Å². The lowest BCUT2D eigenvalue weighted by molar-refractivity contribution is -0.137. The minimum absolute atomic E-state index is 0.393. The first-order valence-electron chi connectivity index (χ1n) is 10.8. The Hall–Kier alpha value is -3.27. The Bertz CT molecular complexity index is 1070. The molecule has 2 aromatic heterocycles. The molecular weight excluding hydrogens is 465 g/mol. The number of nitrogens with zero attached hydrogens (tertiary/aromatic N) is 4. The fourth-order valence-electron chi connectivity index (χ4n) is 3.45. The van der Waals surface area contributed by atoms with Crippen LogP contribution in [0.1, 0.15) is 11.1 Å². The van der Waals surface area contributed by atoms with Gasteiger partial charge in [0.1, 0.15) is 11.6 Å². The van der Waals surface area contributed by atoms with Crippen molar-refractivity contribution in [1.82, 2.24) is 14.9 Å². The lowest BCUT2D eigenvalue weighted by Crippen LogP contribution is -2.49. The number of amides is 1. The summed E-state index contributed by atoms with van der Waals surface area (Å²) in [6.07, 6.45) is -1.38. The molecule has 1 aliphatic heterocycles. The molecule has 3 heterocycles. The number of carbonyl (C=O) groups is 1. The van der Waals surface area contributed by atoms with Crippen LogP contribution in [0.4, 0.5) is 23.8 Å². The number of hydrogen-bond donors (Lipinski definition) is 0. The third kappa shape index (κ3) is 6.40. The second kappa shape index (κ2) is 10.8. The third-order valence-electron chi connectivity index (χ3n) is 5.34. The Balaban J connectivity index is 1.22. The summed E-state index contributed by atoms with van der Waals surface area (Å²) >= 11 is 1.69. The Morgan fingerprint density at radius 3 is 2.35 bits per heavy atom. The summed E-state index contributed by atoms with van der Waals surface area (Å²) in [5, 5.41) is 0.988. The predicted molar refractivity (Wildman–Crippen MR) is 124 cm³/mol. The molecule has 0 spiro atoms. The summed E-state index contributed by atoms with van der Waals surface area (Å²) in [4.78, 5) is 24.2. The number of thioether (sulfide) groups is 1. The molecule has 1 aromatic carbocycles. The van der Waals surface area contributed by atoms with Gasteiger partial charge in [-0.15, -0.1) is 11.8 Å². The maximum absolute atomic E-state index is 12.7. The predicted octanol–water partition coefficient (Wildman–Crippen LogP) is 5.15. The number of benzene rings is 1. The molecule has 0 bridgehead atoms. The monoisotopic (exact) mass is 488 g/mol. The van der Waals surface area contributed by atoms with Crippen LogP contribution in [-0.2, 0) is 12.6 Å². The molecule has 0 atom stereocenters. The molecule has 1 amide bonds. The molecule has 6 nitrogen and oxygen atoms in total. The third-order valence-corrected chi connectivity index (χ3v) is 6.29. The average Bonchev–Trinajstić information content (AvgIpc) is 2.85. The fraction of sp³-hybridized carbons (Fsp3) is 0.292. The van der Waals surface area contributed by atoms with Gasteiger partial charge in [0, 0.05) is 44.3 Å². The van der Waals surface area contributed by atoms with Crippen molar-refractivity contribution in [3.05, 3.63) is 78.1 Å². The van der Waals surface area contributed by atoms with E-state index < -0.39 is 17.8 Å². The number of aryl methyl sites for hydroxylation is 1. The topological polar surface area (TPSA) is 58.6 Å². The van der Waals surface area contributed by atoms with E-state index in [4.69, 9.17) is 4.74 Å². The number of ether oxygens (including phenoxy) is 1. The second-order valence-electron chi connectivity index (χ2n) is 7.66. The van der Waals surface area contributed by atoms with Crippen LogP contribution in [0, 0.1) is 0 Å². The van der Waals surface area contributed by atoms with Gasteiger partial charge in [-0.05, 0) is 48.4 Å². The van der Waals surface area contributed by atoms with Crippen molar-refractivity contribution < 1.29 is 22.7 Å². The first-order valence-corrected chi connectivity index (χ1v) is 11.7. The molecular formula is C24H23F3N4O2S. The summed E-state index contributed by atoms with van der Waals surface area (Å²) in [6, 6.07) is 15.6. The number of piperazine rings is 1. The highest BCUT2D eigenvalue weighted by molar-refractivity contribution is 7.99. The van der Waals surface area contributed by atoms with Crippen LogP contribution in [0.15, 0.2) is 72.0 Å². The van der Waals surface area contributed by atoms with Gasteiger partial charge in [-0.3, -0.25) is 0 Å². The molecule has 0 aliphatic carbocycles. The van der Waals surface area contributed by atoms with Crippen molar-refractivity contribution in [2.45, 2.75) is 17.6 Å². The van der Waals surface area contributed by atoms with Gasteiger partial charge in [0.05, 0.1) is 10.6 Å². The molecule has 178 valence electrons. The Labute approximate surface area is 199 Å². The van der Waals surface area contributed by atoms with Crippen molar-refractivity contribution in [3.8, 4) is 5.75 Å². The number of alkyl halides is 3. The van der Waals surface area contributed by atoms with Gasteiger partial charge in [0.2, 0.25) is 0 Å². The Morgan fingerprint density at radius 2 is 1.74 bits per heavy atom. The van der Waals surface area contributed by atoms with Crippen molar-refractivity contribution >= 4 is 23.7 Å². The SMILES string of the molecule is O=C(Oc1ccc(CCSc2ccccn2)cc1)N1CCN(c2ccc(C(F)(F)F)cn2)CC1. The number of aromatic nitrogens is 2. The molecule has 34 heavy (non-hydrogen) atoms. The van der Waals surface area contributed by atoms with Gasteiger partial charge < -0.3 is 14.5 Å². The largest absolute Gasteiger partial charge is 0.417 e. The molecule has 1 fully saturated rings. The fourth-order valence-corrected chi connectivity index (χ4v) is 4.31. The van der Waals surface area contributed by atoms with Crippen LogP contribution >= 0.6 is 11.8 Å². The molecule has 0 N–H and O–H groups in total. The van der Waals surface area contributed by atoms with Crippen molar-refractivity contribution in [3.63, 3.8) is 0 Å². The van der Waals surface area contributed by atoms with E-state index in [1.54, 1.807) is 35.0 Å². The number of carbonyl (C=O) groups excluding carboxylic acids is 1. The van der Waals surface area contributed by atoms with Crippen LogP contribution in [0.2, 0.25) is 0 Å². The first kappa shape index (κ1) is 23.9. The summed E-state index contributed by atoms with van der Waals surface area (Å²) in [7, 11) is 0. The van der Waals surface area contributed by atoms with Crippen LogP contribution < -0.4 is 9.64 Å². The van der Waals surface area contributed by atoms with E-state index in [0.29, 0.717) is 37.7 Å². The molecule has 10 heteroatoms. The second-order valence-corrected chi connectivity index (χ2v) is 8.77. The zero-order chi connectivity index (χ0) is 24.0. The first-order chi connectivity index (χ1) is 16.4. The minimum atomic E-state index is -4.41. The molecule has 0 saturated carbocycles. The maximum Gasteiger partial charge on any atom is 0.417 e. The van der Waals surface area contributed by atoms with E-state index in [9.17, 15) is 18.0 Å². The van der Waals surface area contributed by atoms with E-state index in [-0.39, 0.29) is 0 Å². The molecule has 0 radical (unpaired) electrons. The van der Waals surface area contributed by atoms with E-state index in [1.807, 2.05) is 35.2 Å². The van der Waals surface area contributed by atoms with Crippen molar-refractivity contribution in [2.24, 2.45) is 0 Å². The van der Waals surface area contributed by atoms with Gasteiger partial charge >= 0.3 is 12.3 Å². The van der Waals surface area contributed by atoms with Gasteiger partial charge in [0.15, 0.2) is 0 Å². The van der Waals surface area contributed by atoms with Crippen LogP contribution in [0.5, 0.6) is 5.75 Å². The van der Waals surface area contributed by atoms with Gasteiger partial charge in [0.25, 0.3) is 0 Å². The highest BCUT2D eigenvalue weighted by Gasteiger charge is 2.31. The molecule has 3 aromatic rings. The zero-order valence-electron chi connectivity index (χ0n) is 18.2. The smallest absolute Gasteiger partial charge is 0.410 e. The van der Waals surface area contributed by atoms with E-state index in [0.717, 1.165) is 35.0 Å². The maximum atomic E-state index is 12.7. The van der Waals surface area contributed by atoms with E-state index >= 15 is 0 Å². The van der Waals surface area contributed by atoms with Gasteiger partial charge in [-0.25, -0.2) is 14.8 Å². The molecule has 1 saturated heterocycles. The lowest BCUT2D eigenvalue weighted by atomic mass is 10.2. The molecule has 4 rings (SSSR count). The summed E-state index contributed by atoms with van der Waals surface area (Å²) < 4.78 is 43.6. The number of rotatable bonds is 6. The molecule has 0 unspecified atom stereocenters. The lowest BCUT2D eigenvalue weighted by Gasteiger charge is -2.34. The van der Waals surface area contributed by atoms with E-state index in [1.165, 1.54) is 6.07 Å². The minimum Gasteiger partial charge on any atom is -0.410 e. The normalized spacial score (nSPS) is 14.2. The highest BCUT2D eigenvalue weighted by Crippen LogP contribution is 2.29. The van der Waals surface area contributed by atoms with Gasteiger partial charge in [-0.1, -0.05) is 18.2 Å². The molecule has 1 aliphatic rings. The number of halogens is 3. The highest BCUT2D eigenvalue weighted by atomic mass is 32.2. The van der Waals surface area contributed by atoms with Crippen LogP contribution in [0.3, 0.4) is 0 Å². The standard InChI is InChI=1S/C24H23F3N4O2S/c25-24(26,27)19-6-9-21(29-17-19)30-12-14-31(15-13-30)23(32)33-20-7-4-18(5-8-20)10-16-34-22-3-1-2-11-28-22/h1-9,11,17H,10,12-16H2. The number of anilines is 1. The number of pyridine rings is 2. The Morgan fingerprint density at radius 1 is 0.971 bits per heavy atom. The zero-order valence-corrected chi connectivity index (χ0v) is 19.1. The van der Waals surface area contributed by atoms with Crippen LogP contribution in [-0.4, -0.2) is 52.9 Å². The van der Waals surface area contributed by atoms with Crippen LogP contribution in [0.25, 0.3) is 0 Å². The summed E-state index contributed by atoms with van der Waals surface area (Å²) in [5.41, 5.74) is 0.359.